The van der Waals surface area contributed by atoms with Crippen molar-refractivity contribution >= 4 is 43.8 Å². The number of halogens is 1. The highest BCUT2D eigenvalue weighted by atomic mass is 79.9. The summed E-state index contributed by atoms with van der Waals surface area (Å²) in [7, 11) is -3.53. The monoisotopic (exact) mass is 535 g/mol. The topological polar surface area (TPSA) is 85.3 Å². The van der Waals surface area contributed by atoms with Gasteiger partial charge >= 0.3 is 0 Å². The molecule has 1 saturated heterocycles. The predicted molar refractivity (Wildman–Crippen MR) is 135 cm³/mol. The molecule has 1 N–H and O–H groups in total. The van der Waals surface area contributed by atoms with Gasteiger partial charge in [-0.25, -0.2) is 13.8 Å². The molecule has 3 rings (SSSR count). The van der Waals surface area contributed by atoms with Gasteiger partial charge in [-0.15, -0.1) is 0 Å². The summed E-state index contributed by atoms with van der Waals surface area (Å²) in [6.45, 7) is 7.96. The van der Waals surface area contributed by atoms with E-state index < -0.39 is 10.0 Å². The van der Waals surface area contributed by atoms with Crippen LogP contribution in [0.25, 0.3) is 0 Å². The maximum absolute atomic E-state index is 12.8. The lowest BCUT2D eigenvalue weighted by molar-refractivity contribution is -0.122. The van der Waals surface area contributed by atoms with E-state index >= 15 is 0 Å². The normalized spacial score (nSPS) is 15.6. The van der Waals surface area contributed by atoms with Crippen LogP contribution in [0.4, 0.5) is 5.69 Å². The Balaban J connectivity index is 1.45. The molecule has 1 heterocycles. The predicted octanol–water partition coefficient (Wildman–Crippen LogP) is 2.75. The lowest BCUT2D eigenvalue weighted by Crippen LogP contribution is -2.50. The Morgan fingerprint density at radius 3 is 2.21 bits per heavy atom. The number of carbonyl (C=O) groups is 1. The number of carbonyl (C=O) groups excluding carboxylic acids is 1. The highest BCUT2D eigenvalue weighted by molar-refractivity contribution is 9.10. The molecule has 0 saturated carbocycles. The van der Waals surface area contributed by atoms with Crippen LogP contribution in [-0.4, -0.2) is 75.6 Å². The first-order chi connectivity index (χ1) is 15.8. The number of hydrazone groups is 1. The van der Waals surface area contributed by atoms with Crippen molar-refractivity contribution in [1.82, 2.24) is 14.6 Å². The molecule has 10 heteroatoms. The fourth-order valence-electron chi connectivity index (χ4n) is 3.66. The van der Waals surface area contributed by atoms with Gasteiger partial charge in [-0.3, -0.25) is 9.69 Å². The van der Waals surface area contributed by atoms with Crippen LogP contribution in [0.5, 0.6) is 0 Å². The summed E-state index contributed by atoms with van der Waals surface area (Å²) in [6, 6.07) is 14.6. The van der Waals surface area contributed by atoms with Gasteiger partial charge in [0.1, 0.15) is 0 Å². The van der Waals surface area contributed by atoms with E-state index in [9.17, 15) is 13.2 Å². The summed E-state index contributed by atoms with van der Waals surface area (Å²) in [6.07, 6.45) is 1.62. The SMILES string of the molecule is CCN(CC)c1ccc(C=NNC(=O)CN2CCN(S(=O)(=O)c3ccc(Br)cc3)CC2)cc1. The van der Waals surface area contributed by atoms with Gasteiger partial charge in [0.25, 0.3) is 5.91 Å². The second-order valence-corrected chi connectivity index (χ2v) is 10.5. The van der Waals surface area contributed by atoms with Crippen molar-refractivity contribution in [2.75, 3.05) is 50.7 Å². The van der Waals surface area contributed by atoms with E-state index in [1.165, 1.54) is 4.31 Å². The zero-order chi connectivity index (χ0) is 23.8. The van der Waals surface area contributed by atoms with Gasteiger partial charge in [0.05, 0.1) is 17.7 Å². The third-order valence-corrected chi connectivity index (χ3v) is 8.02. The van der Waals surface area contributed by atoms with E-state index in [0.29, 0.717) is 26.2 Å². The van der Waals surface area contributed by atoms with Crippen LogP contribution in [0.1, 0.15) is 19.4 Å². The first kappa shape index (κ1) is 25.4. The van der Waals surface area contributed by atoms with Crippen molar-refractivity contribution in [1.29, 1.82) is 0 Å². The lowest BCUT2D eigenvalue weighted by atomic mass is 10.2. The first-order valence-corrected chi connectivity index (χ1v) is 13.2. The highest BCUT2D eigenvalue weighted by Gasteiger charge is 2.28. The number of piperazine rings is 1. The number of amides is 1. The summed E-state index contributed by atoms with van der Waals surface area (Å²) < 4.78 is 27.9. The number of rotatable bonds is 9. The minimum Gasteiger partial charge on any atom is -0.372 e. The molecule has 1 fully saturated rings. The molecule has 178 valence electrons. The molecule has 2 aromatic carbocycles. The average molecular weight is 536 g/mol. The summed E-state index contributed by atoms with van der Waals surface area (Å²) in [5.74, 6) is -0.227. The van der Waals surface area contributed by atoms with E-state index in [4.69, 9.17) is 0 Å². The van der Waals surface area contributed by atoms with Crippen LogP contribution in [0.3, 0.4) is 0 Å². The molecule has 0 atom stereocenters. The minimum atomic E-state index is -3.53. The number of nitrogens with one attached hydrogen (secondary N) is 1. The standard InChI is InChI=1S/C23H30BrN5O3S/c1-3-28(4-2)21-9-5-19(6-10-21)17-25-26-23(30)18-27-13-15-29(16-14-27)33(31,32)22-11-7-20(24)8-12-22/h5-12,17H,3-4,13-16,18H2,1-2H3,(H,26,30). The Kier molecular flexibility index (Phi) is 9.02. The van der Waals surface area contributed by atoms with Crippen LogP contribution >= 0.6 is 15.9 Å². The summed E-state index contributed by atoms with van der Waals surface area (Å²) in [4.78, 5) is 16.7. The van der Waals surface area contributed by atoms with Gasteiger partial charge in [0.15, 0.2) is 0 Å². The maximum Gasteiger partial charge on any atom is 0.254 e. The molecule has 8 nitrogen and oxygen atoms in total. The Hall–Kier alpha value is -2.27. The van der Waals surface area contributed by atoms with Crippen molar-refractivity contribution in [2.24, 2.45) is 5.10 Å². The fraction of sp³-hybridized carbons (Fsp3) is 0.391. The number of anilines is 1. The van der Waals surface area contributed by atoms with Crippen LogP contribution in [-0.2, 0) is 14.8 Å². The smallest absolute Gasteiger partial charge is 0.254 e. The number of hydrogen-bond acceptors (Lipinski definition) is 6. The molecule has 0 spiro atoms. The van der Waals surface area contributed by atoms with Crippen LogP contribution in [0.15, 0.2) is 63.0 Å². The van der Waals surface area contributed by atoms with Gasteiger partial charge in [0.2, 0.25) is 10.0 Å². The van der Waals surface area contributed by atoms with E-state index in [0.717, 1.165) is 28.8 Å². The molecule has 1 amide bonds. The Morgan fingerprint density at radius 2 is 1.64 bits per heavy atom. The molecule has 1 aliphatic heterocycles. The van der Waals surface area contributed by atoms with Crippen LogP contribution in [0, 0.1) is 0 Å². The molecule has 33 heavy (non-hydrogen) atoms. The largest absolute Gasteiger partial charge is 0.372 e. The molecule has 2 aromatic rings. The third-order valence-electron chi connectivity index (χ3n) is 5.57. The molecular formula is C23H30BrN5O3S. The zero-order valence-electron chi connectivity index (χ0n) is 18.9. The molecule has 0 unspecified atom stereocenters. The maximum atomic E-state index is 12.8. The second-order valence-electron chi connectivity index (χ2n) is 7.69. The zero-order valence-corrected chi connectivity index (χ0v) is 21.3. The Bertz CT molecular complexity index is 1050. The van der Waals surface area contributed by atoms with E-state index in [-0.39, 0.29) is 17.3 Å². The Labute approximate surface area is 204 Å². The van der Waals surface area contributed by atoms with Gasteiger partial charge in [0, 0.05) is 49.4 Å². The van der Waals surface area contributed by atoms with Gasteiger partial charge in [-0.2, -0.15) is 9.41 Å². The first-order valence-electron chi connectivity index (χ1n) is 11.0. The van der Waals surface area contributed by atoms with Crippen molar-refractivity contribution in [2.45, 2.75) is 18.7 Å². The Morgan fingerprint density at radius 1 is 1.03 bits per heavy atom. The van der Waals surface area contributed by atoms with E-state index in [2.05, 4.69) is 45.2 Å². The summed E-state index contributed by atoms with van der Waals surface area (Å²) in [5, 5.41) is 4.05. The molecule has 0 aromatic heterocycles. The van der Waals surface area contributed by atoms with E-state index in [1.807, 2.05) is 29.2 Å². The van der Waals surface area contributed by atoms with Crippen molar-refractivity contribution in [3.05, 3.63) is 58.6 Å². The summed E-state index contributed by atoms with van der Waals surface area (Å²) >= 11 is 3.32. The minimum absolute atomic E-state index is 0.171. The fourth-order valence-corrected chi connectivity index (χ4v) is 5.35. The number of hydrogen-bond donors (Lipinski definition) is 1. The average Bonchev–Trinajstić information content (AvgIpc) is 2.81. The highest BCUT2D eigenvalue weighted by Crippen LogP contribution is 2.20. The molecule has 0 aliphatic carbocycles. The second kappa shape index (κ2) is 11.7. The molecule has 0 radical (unpaired) electrons. The number of nitrogens with zero attached hydrogens (tertiary/aromatic N) is 4. The number of benzene rings is 2. The van der Waals surface area contributed by atoms with Crippen molar-refractivity contribution in [3.8, 4) is 0 Å². The quantitative estimate of drug-likeness (QED) is 0.394. The van der Waals surface area contributed by atoms with Crippen LogP contribution < -0.4 is 10.3 Å². The third kappa shape index (κ3) is 6.86. The molecule has 0 bridgehead atoms. The van der Waals surface area contributed by atoms with Crippen LogP contribution in [0.2, 0.25) is 0 Å². The van der Waals surface area contributed by atoms with Gasteiger partial charge < -0.3 is 4.90 Å². The van der Waals surface area contributed by atoms with Gasteiger partial charge in [-0.05, 0) is 55.8 Å². The molecule has 1 aliphatic rings. The number of sulfonamides is 1. The van der Waals surface area contributed by atoms with Crippen molar-refractivity contribution < 1.29 is 13.2 Å². The molecular weight excluding hydrogens is 506 g/mol. The summed E-state index contributed by atoms with van der Waals surface area (Å²) in [5.41, 5.74) is 4.61. The van der Waals surface area contributed by atoms with E-state index in [1.54, 1.807) is 30.5 Å². The van der Waals surface area contributed by atoms with Gasteiger partial charge in [-0.1, -0.05) is 28.1 Å². The lowest BCUT2D eigenvalue weighted by Gasteiger charge is -2.33. The van der Waals surface area contributed by atoms with Crippen molar-refractivity contribution in [3.63, 3.8) is 0 Å².